The fourth-order valence-electron chi connectivity index (χ4n) is 3.28. The van der Waals surface area contributed by atoms with E-state index in [4.69, 9.17) is 0 Å². The van der Waals surface area contributed by atoms with E-state index in [0.29, 0.717) is 12.8 Å². The minimum Gasteiger partial charge on any atom is -0.393 e. The van der Waals surface area contributed by atoms with Crippen molar-refractivity contribution < 1.29 is 9.67 Å². The first-order valence-corrected chi connectivity index (χ1v) is 11.1. The Morgan fingerprint density at radius 3 is 1.67 bits per heavy atom. The number of hydrogen-bond donors (Lipinski definition) is 2. The van der Waals surface area contributed by atoms with E-state index in [9.17, 15) is 9.67 Å². The molecule has 0 fully saturated rings. The fourth-order valence-corrected chi connectivity index (χ4v) is 6.37. The third-order valence-electron chi connectivity index (χ3n) is 4.68. The highest BCUT2D eigenvalue weighted by molar-refractivity contribution is 7.79. The second-order valence-corrected chi connectivity index (χ2v) is 9.75. The molecule has 27 heavy (non-hydrogen) atoms. The Hall–Kier alpha value is -2.35. The first-order valence-electron chi connectivity index (χ1n) is 9.31. The Labute approximate surface area is 161 Å². The molecular weight excluding hydrogens is 353 g/mol. The van der Waals surface area contributed by atoms with Gasteiger partial charge in [0.15, 0.2) is 7.14 Å². The van der Waals surface area contributed by atoms with Gasteiger partial charge in [0, 0.05) is 16.3 Å². The van der Waals surface area contributed by atoms with Crippen LogP contribution in [0.15, 0.2) is 91.0 Å². The van der Waals surface area contributed by atoms with Gasteiger partial charge in [0.1, 0.15) is 0 Å². The van der Waals surface area contributed by atoms with Gasteiger partial charge in [-0.25, -0.2) is 0 Å². The molecule has 3 aromatic rings. The lowest BCUT2D eigenvalue weighted by Crippen LogP contribution is -2.32. The molecule has 0 aromatic heterocycles. The maximum absolute atomic E-state index is 14.6. The van der Waals surface area contributed by atoms with Crippen LogP contribution in [-0.2, 0) is 4.57 Å². The fraction of sp³-hybridized carbons (Fsp3) is 0.217. The number of para-hydroxylation sites is 1. The molecule has 0 heterocycles. The van der Waals surface area contributed by atoms with E-state index >= 15 is 0 Å². The van der Waals surface area contributed by atoms with E-state index in [0.717, 1.165) is 16.3 Å². The number of anilines is 1. The van der Waals surface area contributed by atoms with Crippen LogP contribution < -0.4 is 15.9 Å². The average molecular weight is 379 g/mol. The molecule has 3 aromatic carbocycles. The number of aliphatic hydroxyl groups is 1. The molecular formula is C23H26NO2P. The van der Waals surface area contributed by atoms with Gasteiger partial charge in [-0.3, -0.25) is 0 Å². The molecule has 140 valence electrons. The molecule has 0 aliphatic carbocycles. The number of nitrogens with one attached hydrogen (secondary N) is 1. The van der Waals surface area contributed by atoms with Crippen LogP contribution in [-0.4, -0.2) is 17.0 Å². The topological polar surface area (TPSA) is 49.3 Å². The molecule has 0 saturated heterocycles. The average Bonchev–Trinajstić information content (AvgIpc) is 2.72. The van der Waals surface area contributed by atoms with Crippen molar-refractivity contribution in [2.75, 3.05) is 5.32 Å². The second-order valence-electron chi connectivity index (χ2n) is 6.78. The molecule has 0 bridgehead atoms. The predicted molar refractivity (Wildman–Crippen MR) is 115 cm³/mol. The molecule has 0 amide bonds. The lowest BCUT2D eigenvalue weighted by Gasteiger charge is -2.31. The zero-order valence-corrected chi connectivity index (χ0v) is 16.4. The van der Waals surface area contributed by atoms with E-state index in [1.165, 1.54) is 0 Å². The lowest BCUT2D eigenvalue weighted by atomic mass is 10.2. The third kappa shape index (κ3) is 4.68. The number of aliphatic hydroxyl groups excluding tert-OH is 1. The number of benzene rings is 3. The summed E-state index contributed by atoms with van der Waals surface area (Å²) in [6.45, 7) is 1.77. The van der Waals surface area contributed by atoms with Crippen molar-refractivity contribution in [1.29, 1.82) is 0 Å². The zero-order valence-electron chi connectivity index (χ0n) is 15.5. The standard InChI is InChI=1S/C23H26NO2P/c1-19(25)17-18-23(24-20-11-5-2-6-12-20)27(26,21-13-7-3-8-14-21)22-15-9-4-10-16-22/h2-16,19,23-25H,17-18H2,1H3. The van der Waals surface area contributed by atoms with Gasteiger partial charge >= 0.3 is 0 Å². The van der Waals surface area contributed by atoms with Crippen molar-refractivity contribution in [3.05, 3.63) is 91.0 Å². The molecule has 4 heteroatoms. The zero-order chi connectivity index (χ0) is 19.1. The van der Waals surface area contributed by atoms with Crippen LogP contribution in [0.5, 0.6) is 0 Å². The Morgan fingerprint density at radius 2 is 1.22 bits per heavy atom. The number of hydrogen-bond acceptors (Lipinski definition) is 3. The van der Waals surface area contributed by atoms with Crippen LogP contribution in [0.2, 0.25) is 0 Å². The van der Waals surface area contributed by atoms with Gasteiger partial charge in [-0.15, -0.1) is 0 Å². The van der Waals surface area contributed by atoms with Crippen molar-refractivity contribution in [3.8, 4) is 0 Å². The molecule has 2 N–H and O–H groups in total. The highest BCUT2D eigenvalue weighted by atomic mass is 31.2. The second kappa shape index (κ2) is 9.03. The first-order chi connectivity index (χ1) is 13.1. The SMILES string of the molecule is CC(O)CCC(Nc1ccccc1)P(=O)(c1ccccc1)c1ccccc1. The van der Waals surface area contributed by atoms with Gasteiger partial charge in [-0.1, -0.05) is 78.9 Å². The van der Waals surface area contributed by atoms with Crippen LogP contribution in [0.25, 0.3) is 0 Å². The van der Waals surface area contributed by atoms with Crippen molar-refractivity contribution in [3.63, 3.8) is 0 Å². The molecule has 0 aliphatic rings. The van der Waals surface area contributed by atoms with Crippen LogP contribution >= 0.6 is 7.14 Å². The number of rotatable bonds is 8. The van der Waals surface area contributed by atoms with Gasteiger partial charge < -0.3 is 15.0 Å². The molecule has 3 nitrogen and oxygen atoms in total. The minimum atomic E-state index is -2.98. The van der Waals surface area contributed by atoms with Gasteiger partial charge in [-0.05, 0) is 31.9 Å². The van der Waals surface area contributed by atoms with E-state index in [1.807, 2.05) is 91.0 Å². The van der Waals surface area contributed by atoms with E-state index in [-0.39, 0.29) is 5.78 Å². The summed E-state index contributed by atoms with van der Waals surface area (Å²) >= 11 is 0. The molecule has 0 saturated carbocycles. The molecule has 2 atom stereocenters. The van der Waals surface area contributed by atoms with Crippen LogP contribution in [0.4, 0.5) is 5.69 Å². The summed E-state index contributed by atoms with van der Waals surface area (Å²) in [6, 6.07) is 29.2. The Bertz CT molecular complexity index is 823. The molecule has 3 rings (SSSR count). The Balaban J connectivity index is 2.08. The van der Waals surface area contributed by atoms with E-state index in [1.54, 1.807) is 6.92 Å². The van der Waals surface area contributed by atoms with Crippen LogP contribution in [0, 0.1) is 0 Å². The maximum atomic E-state index is 14.6. The normalized spacial score (nSPS) is 13.7. The van der Waals surface area contributed by atoms with Crippen LogP contribution in [0.3, 0.4) is 0 Å². The van der Waals surface area contributed by atoms with Crippen LogP contribution in [0.1, 0.15) is 19.8 Å². The van der Waals surface area contributed by atoms with Crippen molar-refractivity contribution in [1.82, 2.24) is 0 Å². The maximum Gasteiger partial charge on any atom is 0.164 e. The molecule has 0 spiro atoms. The van der Waals surface area contributed by atoms with E-state index in [2.05, 4.69) is 5.32 Å². The summed E-state index contributed by atoms with van der Waals surface area (Å²) in [5.41, 5.74) is 0.931. The summed E-state index contributed by atoms with van der Waals surface area (Å²) in [7, 11) is -2.98. The van der Waals surface area contributed by atoms with Crippen molar-refractivity contribution in [2.24, 2.45) is 0 Å². The molecule has 0 radical (unpaired) electrons. The highest BCUT2D eigenvalue weighted by Crippen LogP contribution is 2.50. The monoisotopic (exact) mass is 379 g/mol. The van der Waals surface area contributed by atoms with Crippen molar-refractivity contribution >= 4 is 23.4 Å². The first kappa shape index (κ1) is 19.4. The summed E-state index contributed by atoms with van der Waals surface area (Å²) in [6.07, 6.45) is 0.743. The van der Waals surface area contributed by atoms with Gasteiger partial charge in [0.2, 0.25) is 0 Å². The molecule has 0 aliphatic heterocycles. The summed E-state index contributed by atoms with van der Waals surface area (Å²) in [5, 5.41) is 15.0. The lowest BCUT2D eigenvalue weighted by molar-refractivity contribution is 0.182. The smallest absolute Gasteiger partial charge is 0.164 e. The van der Waals surface area contributed by atoms with Crippen molar-refractivity contribution in [2.45, 2.75) is 31.7 Å². The third-order valence-corrected chi connectivity index (χ3v) is 8.08. The summed E-state index contributed by atoms with van der Waals surface area (Å²) in [5.74, 6) is -0.306. The van der Waals surface area contributed by atoms with E-state index < -0.39 is 13.2 Å². The highest BCUT2D eigenvalue weighted by Gasteiger charge is 2.36. The largest absolute Gasteiger partial charge is 0.393 e. The quantitative estimate of drug-likeness (QED) is 0.563. The van der Waals surface area contributed by atoms with Gasteiger partial charge in [0.25, 0.3) is 0 Å². The van der Waals surface area contributed by atoms with Gasteiger partial charge in [0.05, 0.1) is 11.9 Å². The predicted octanol–water partition coefficient (Wildman–Crippen LogP) is 4.60. The Morgan fingerprint density at radius 1 is 0.778 bits per heavy atom. The summed E-state index contributed by atoms with van der Waals surface area (Å²) in [4.78, 5) is 0. The summed E-state index contributed by atoms with van der Waals surface area (Å²) < 4.78 is 14.6. The minimum absolute atomic E-state index is 0.306. The Kier molecular flexibility index (Phi) is 6.49. The molecule has 2 unspecified atom stereocenters. The van der Waals surface area contributed by atoms with Gasteiger partial charge in [-0.2, -0.15) is 0 Å².